The average molecular weight is 308 g/mol. The van der Waals surface area contributed by atoms with E-state index in [2.05, 4.69) is 4.98 Å². The molecule has 3 rings (SSSR count). The second kappa shape index (κ2) is 4.93. The third-order valence-corrected chi connectivity index (χ3v) is 3.72. The minimum atomic E-state index is -0.649. The predicted octanol–water partition coefficient (Wildman–Crippen LogP) is 4.84. The Kier molecular flexibility index (Phi) is 3.24. The summed E-state index contributed by atoms with van der Waals surface area (Å²) in [5, 5.41) is 1.08. The summed E-state index contributed by atoms with van der Waals surface area (Å²) in [7, 11) is 0. The second-order valence-corrected chi connectivity index (χ2v) is 5.10. The van der Waals surface area contributed by atoms with E-state index in [4.69, 9.17) is 23.2 Å². The Morgan fingerprint density at radius 3 is 2.50 bits per heavy atom. The number of carbonyl (C=O) groups is 1. The van der Waals surface area contributed by atoms with Gasteiger partial charge in [-0.2, -0.15) is 0 Å². The van der Waals surface area contributed by atoms with E-state index in [1.54, 1.807) is 18.2 Å². The van der Waals surface area contributed by atoms with Crippen LogP contribution in [-0.2, 0) is 0 Å². The summed E-state index contributed by atoms with van der Waals surface area (Å²) in [5.41, 5.74) is 0.876. The maximum absolute atomic E-state index is 13.8. The molecule has 0 aliphatic heterocycles. The molecular formula is C15H8Cl2FNO. The topological polar surface area (TPSA) is 32.9 Å². The van der Waals surface area contributed by atoms with Crippen LogP contribution >= 0.6 is 23.2 Å². The van der Waals surface area contributed by atoms with Crippen molar-refractivity contribution in [2.75, 3.05) is 0 Å². The Hall–Kier alpha value is -1.84. The number of benzene rings is 2. The summed E-state index contributed by atoms with van der Waals surface area (Å²) in [4.78, 5) is 15.5. The van der Waals surface area contributed by atoms with Gasteiger partial charge in [0.1, 0.15) is 5.82 Å². The average Bonchev–Trinajstić information content (AvgIpc) is 2.83. The number of H-pyrrole nitrogens is 1. The molecule has 0 saturated heterocycles. The maximum Gasteiger partial charge on any atom is 0.199 e. The molecule has 3 aromatic rings. The van der Waals surface area contributed by atoms with Crippen LogP contribution in [0.3, 0.4) is 0 Å². The lowest BCUT2D eigenvalue weighted by molar-refractivity contribution is 0.103. The fourth-order valence-electron chi connectivity index (χ4n) is 2.17. The summed E-state index contributed by atoms with van der Waals surface area (Å²) >= 11 is 12.0. The number of halogens is 3. The Bertz CT molecular complexity index is 806. The van der Waals surface area contributed by atoms with Crippen LogP contribution < -0.4 is 0 Å². The number of hydrogen-bond acceptors (Lipinski definition) is 1. The molecule has 100 valence electrons. The smallest absolute Gasteiger partial charge is 0.199 e. The fraction of sp³-hybridized carbons (Fsp3) is 0. The Morgan fingerprint density at radius 2 is 1.75 bits per heavy atom. The van der Waals surface area contributed by atoms with Gasteiger partial charge in [-0.25, -0.2) is 4.39 Å². The van der Waals surface area contributed by atoms with Gasteiger partial charge >= 0.3 is 0 Å². The summed E-state index contributed by atoms with van der Waals surface area (Å²) in [6, 6.07) is 9.38. The maximum atomic E-state index is 13.8. The van der Waals surface area contributed by atoms with Crippen molar-refractivity contribution in [3.05, 3.63) is 69.6 Å². The molecule has 2 aromatic carbocycles. The summed E-state index contributed by atoms with van der Waals surface area (Å²) in [6.07, 6.45) is 1.52. The Labute approximate surface area is 124 Å². The molecule has 1 heterocycles. The predicted molar refractivity (Wildman–Crippen MR) is 78.2 cm³/mol. The molecule has 1 N–H and O–H groups in total. The van der Waals surface area contributed by atoms with Crippen molar-refractivity contribution >= 4 is 39.9 Å². The number of ketones is 1. The molecule has 0 fully saturated rings. The third-order valence-electron chi connectivity index (χ3n) is 3.09. The minimum absolute atomic E-state index is 0.0800. The van der Waals surface area contributed by atoms with E-state index >= 15 is 0 Å². The second-order valence-electron chi connectivity index (χ2n) is 4.29. The van der Waals surface area contributed by atoms with Gasteiger partial charge in [0.15, 0.2) is 5.78 Å². The monoisotopic (exact) mass is 307 g/mol. The summed E-state index contributed by atoms with van der Waals surface area (Å²) < 4.78 is 13.8. The van der Waals surface area contributed by atoms with Crippen LogP contribution in [0.2, 0.25) is 10.0 Å². The quantitative estimate of drug-likeness (QED) is 0.675. The van der Waals surface area contributed by atoms with Gasteiger partial charge in [0.2, 0.25) is 0 Å². The van der Waals surface area contributed by atoms with E-state index in [-0.39, 0.29) is 10.6 Å². The zero-order valence-electron chi connectivity index (χ0n) is 10.1. The van der Waals surface area contributed by atoms with Crippen molar-refractivity contribution in [1.29, 1.82) is 0 Å². The Morgan fingerprint density at radius 1 is 1.05 bits per heavy atom. The largest absolute Gasteiger partial charge is 0.360 e. The highest BCUT2D eigenvalue weighted by atomic mass is 35.5. The van der Waals surface area contributed by atoms with E-state index in [9.17, 15) is 9.18 Å². The fourth-order valence-corrected chi connectivity index (χ4v) is 2.69. The van der Waals surface area contributed by atoms with Crippen LogP contribution in [0.4, 0.5) is 4.39 Å². The van der Waals surface area contributed by atoms with Crippen molar-refractivity contribution in [3.8, 4) is 0 Å². The van der Waals surface area contributed by atoms with Gasteiger partial charge in [-0.3, -0.25) is 4.79 Å². The zero-order valence-corrected chi connectivity index (χ0v) is 11.6. The van der Waals surface area contributed by atoms with Crippen molar-refractivity contribution < 1.29 is 9.18 Å². The highest BCUT2D eigenvalue weighted by Gasteiger charge is 2.21. The van der Waals surface area contributed by atoms with E-state index in [0.29, 0.717) is 21.5 Å². The number of hydrogen-bond donors (Lipinski definition) is 1. The molecule has 0 unspecified atom stereocenters. The van der Waals surface area contributed by atoms with Crippen molar-refractivity contribution in [1.82, 2.24) is 4.98 Å². The molecule has 2 nitrogen and oxygen atoms in total. The molecule has 0 aliphatic rings. The van der Waals surface area contributed by atoms with Crippen LogP contribution in [-0.4, -0.2) is 10.8 Å². The summed E-state index contributed by atoms with van der Waals surface area (Å²) in [5.74, 6) is -1.14. The molecule has 20 heavy (non-hydrogen) atoms. The summed E-state index contributed by atoms with van der Waals surface area (Å²) in [6.45, 7) is 0. The highest BCUT2D eigenvalue weighted by Crippen LogP contribution is 2.30. The van der Waals surface area contributed by atoms with E-state index in [1.165, 1.54) is 24.4 Å². The van der Waals surface area contributed by atoms with Crippen molar-refractivity contribution in [2.24, 2.45) is 0 Å². The van der Waals surface area contributed by atoms with E-state index in [1.807, 2.05) is 0 Å². The lowest BCUT2D eigenvalue weighted by Crippen LogP contribution is -2.04. The molecule has 5 heteroatoms. The van der Waals surface area contributed by atoms with Crippen LogP contribution in [0.5, 0.6) is 0 Å². The lowest BCUT2D eigenvalue weighted by Gasteiger charge is -2.04. The van der Waals surface area contributed by atoms with Crippen LogP contribution in [0, 0.1) is 5.82 Å². The van der Waals surface area contributed by atoms with Crippen molar-refractivity contribution in [3.63, 3.8) is 0 Å². The van der Waals surface area contributed by atoms with Gasteiger partial charge in [-0.1, -0.05) is 35.3 Å². The molecule has 0 atom stereocenters. The first-order chi connectivity index (χ1) is 9.59. The first kappa shape index (κ1) is 13.2. The molecule has 0 spiro atoms. The number of carbonyl (C=O) groups excluding carboxylic acids is 1. The molecular weight excluding hydrogens is 300 g/mol. The van der Waals surface area contributed by atoms with Gasteiger partial charge < -0.3 is 4.98 Å². The molecule has 0 aliphatic carbocycles. The standard InChI is InChI=1S/C15H8Cl2FNO/c16-9-4-2-6-12-13(9)8(7-19-12)15(20)14-10(17)3-1-5-11(14)18/h1-7,19H. The van der Waals surface area contributed by atoms with Crippen LogP contribution in [0.15, 0.2) is 42.6 Å². The Balaban J connectivity index is 2.24. The number of nitrogens with one attached hydrogen (secondary N) is 1. The van der Waals surface area contributed by atoms with Gasteiger partial charge in [-0.05, 0) is 24.3 Å². The molecule has 0 bridgehead atoms. The van der Waals surface area contributed by atoms with Crippen LogP contribution in [0.1, 0.15) is 15.9 Å². The molecule has 1 aromatic heterocycles. The van der Waals surface area contributed by atoms with Gasteiger partial charge in [0, 0.05) is 22.7 Å². The number of aromatic nitrogens is 1. The molecule has 0 saturated carbocycles. The SMILES string of the molecule is O=C(c1c(F)cccc1Cl)c1c[nH]c2cccc(Cl)c12. The number of fused-ring (bicyclic) bond motifs is 1. The van der Waals surface area contributed by atoms with Gasteiger partial charge in [-0.15, -0.1) is 0 Å². The lowest BCUT2D eigenvalue weighted by atomic mass is 10.0. The van der Waals surface area contributed by atoms with E-state index < -0.39 is 11.6 Å². The molecule has 0 amide bonds. The number of aromatic amines is 1. The zero-order chi connectivity index (χ0) is 14.3. The number of rotatable bonds is 2. The van der Waals surface area contributed by atoms with Gasteiger partial charge in [0.05, 0.1) is 15.6 Å². The first-order valence-corrected chi connectivity index (χ1v) is 6.59. The first-order valence-electron chi connectivity index (χ1n) is 5.84. The van der Waals surface area contributed by atoms with Crippen LogP contribution in [0.25, 0.3) is 10.9 Å². The highest BCUT2D eigenvalue weighted by molar-refractivity contribution is 6.39. The molecule has 0 radical (unpaired) electrons. The normalized spacial score (nSPS) is 10.9. The van der Waals surface area contributed by atoms with Gasteiger partial charge in [0.25, 0.3) is 0 Å². The van der Waals surface area contributed by atoms with Crippen molar-refractivity contribution in [2.45, 2.75) is 0 Å². The third kappa shape index (κ3) is 1.99. The van der Waals surface area contributed by atoms with E-state index in [0.717, 1.165) is 0 Å². The minimum Gasteiger partial charge on any atom is -0.360 e.